The van der Waals surface area contributed by atoms with Crippen LogP contribution in [-0.2, 0) is 19.6 Å². The Kier molecular flexibility index (Phi) is 7.68. The van der Waals surface area contributed by atoms with Crippen molar-refractivity contribution in [3.05, 3.63) is 54.1 Å². The second-order valence-electron chi connectivity index (χ2n) is 8.08. The largest absolute Gasteiger partial charge is 0.454 e. The van der Waals surface area contributed by atoms with E-state index in [9.17, 15) is 32.0 Å². The van der Waals surface area contributed by atoms with Crippen LogP contribution in [-0.4, -0.2) is 91.6 Å². The molecule has 2 N–H and O–H groups in total. The molecule has 2 aromatic carbocycles. The van der Waals surface area contributed by atoms with Crippen molar-refractivity contribution in [3.63, 3.8) is 0 Å². The SMILES string of the molecule is O=C(NO)[C@H]1CN(C(=O)N2CCOCC2)CCN1S(=O)(=O)c1ccc(Oc2ccc(F)cc2)c(F)c1. The van der Waals surface area contributed by atoms with Crippen LogP contribution in [0, 0.1) is 11.6 Å². The van der Waals surface area contributed by atoms with Crippen molar-refractivity contribution in [2.75, 3.05) is 45.9 Å². The van der Waals surface area contributed by atoms with Crippen LogP contribution in [0.25, 0.3) is 0 Å². The number of nitrogens with one attached hydrogen (secondary N) is 1. The molecule has 0 saturated carbocycles. The lowest BCUT2D eigenvalue weighted by atomic mass is 10.2. The van der Waals surface area contributed by atoms with Crippen molar-refractivity contribution in [1.29, 1.82) is 0 Å². The Morgan fingerprint density at radius 3 is 2.33 bits per heavy atom. The van der Waals surface area contributed by atoms with E-state index in [1.165, 1.54) is 27.4 Å². The van der Waals surface area contributed by atoms with Crippen molar-refractivity contribution in [2.24, 2.45) is 0 Å². The van der Waals surface area contributed by atoms with Crippen LogP contribution < -0.4 is 10.2 Å². The van der Waals surface area contributed by atoms with Gasteiger partial charge in [0, 0.05) is 32.7 Å². The first kappa shape index (κ1) is 25.8. The highest BCUT2D eigenvalue weighted by Gasteiger charge is 2.42. The molecule has 0 aromatic heterocycles. The smallest absolute Gasteiger partial charge is 0.320 e. The standard InChI is InChI=1S/C22H24F2N4O7S/c23-15-1-3-16(4-2-15)35-20-6-5-17(13-18(20)24)36(32,33)28-8-7-27(14-19(28)21(29)25-31)22(30)26-9-11-34-12-10-26/h1-6,13,19,31H,7-12,14H2,(H,25,29)/t19-/m1/s1. The fraction of sp³-hybridized carbons (Fsp3) is 0.364. The van der Waals surface area contributed by atoms with Gasteiger partial charge in [0.25, 0.3) is 5.91 Å². The minimum absolute atomic E-state index is 0.0150. The average molecular weight is 527 g/mol. The van der Waals surface area contributed by atoms with Gasteiger partial charge in [0.1, 0.15) is 17.6 Å². The maximum atomic E-state index is 14.7. The number of carbonyl (C=O) groups is 2. The highest BCUT2D eigenvalue weighted by atomic mass is 32.2. The number of morpholine rings is 1. The quantitative estimate of drug-likeness (QED) is 0.445. The number of hydrogen-bond donors (Lipinski definition) is 2. The normalized spacial score (nSPS) is 19.1. The topological polar surface area (TPSA) is 129 Å². The van der Waals surface area contributed by atoms with Gasteiger partial charge in [-0.2, -0.15) is 4.31 Å². The molecule has 194 valence electrons. The molecule has 0 aliphatic carbocycles. The molecule has 2 aromatic rings. The van der Waals surface area contributed by atoms with Gasteiger partial charge in [-0.3, -0.25) is 10.0 Å². The Morgan fingerprint density at radius 1 is 1.00 bits per heavy atom. The van der Waals surface area contributed by atoms with E-state index in [0.717, 1.165) is 34.6 Å². The number of hydrogen-bond acceptors (Lipinski definition) is 7. The molecular weight excluding hydrogens is 502 g/mol. The van der Waals surface area contributed by atoms with E-state index in [-0.39, 0.29) is 37.2 Å². The molecule has 14 heteroatoms. The monoisotopic (exact) mass is 526 g/mol. The molecule has 0 unspecified atom stereocenters. The summed E-state index contributed by atoms with van der Waals surface area (Å²) in [6, 6.07) is 5.96. The molecule has 4 rings (SSSR count). The number of amides is 3. The van der Waals surface area contributed by atoms with Gasteiger partial charge in [0.15, 0.2) is 11.6 Å². The predicted molar refractivity (Wildman–Crippen MR) is 120 cm³/mol. The van der Waals surface area contributed by atoms with Gasteiger partial charge in [-0.15, -0.1) is 0 Å². The van der Waals surface area contributed by atoms with Crippen LogP contribution >= 0.6 is 0 Å². The second kappa shape index (κ2) is 10.7. The first-order valence-electron chi connectivity index (χ1n) is 11.0. The first-order valence-corrected chi connectivity index (χ1v) is 12.4. The van der Waals surface area contributed by atoms with Crippen molar-refractivity contribution in [1.82, 2.24) is 19.6 Å². The summed E-state index contributed by atoms with van der Waals surface area (Å²) in [7, 11) is -4.41. The highest BCUT2D eigenvalue weighted by molar-refractivity contribution is 7.89. The molecule has 2 aliphatic rings. The zero-order valence-corrected chi connectivity index (χ0v) is 19.8. The van der Waals surface area contributed by atoms with Crippen LogP contribution in [0.4, 0.5) is 13.6 Å². The number of carbonyl (C=O) groups excluding carboxylic acids is 2. The number of hydroxylamine groups is 1. The maximum absolute atomic E-state index is 14.7. The number of rotatable bonds is 5. The van der Waals surface area contributed by atoms with E-state index in [1.807, 2.05) is 0 Å². The number of benzene rings is 2. The van der Waals surface area contributed by atoms with E-state index in [1.54, 1.807) is 0 Å². The van der Waals surface area contributed by atoms with Crippen LogP contribution in [0.5, 0.6) is 11.5 Å². The molecule has 0 spiro atoms. The summed E-state index contributed by atoms with van der Waals surface area (Å²) in [6.07, 6.45) is 0. The van der Waals surface area contributed by atoms with Gasteiger partial charge in [-0.1, -0.05) is 0 Å². The van der Waals surface area contributed by atoms with E-state index < -0.39 is 38.5 Å². The van der Waals surface area contributed by atoms with Gasteiger partial charge >= 0.3 is 6.03 Å². The maximum Gasteiger partial charge on any atom is 0.320 e. The Morgan fingerprint density at radius 2 is 1.69 bits per heavy atom. The molecule has 2 heterocycles. The summed E-state index contributed by atoms with van der Waals surface area (Å²) in [5.74, 6) is -2.67. The lowest BCUT2D eigenvalue weighted by Crippen LogP contribution is -2.63. The van der Waals surface area contributed by atoms with Crippen molar-refractivity contribution in [3.8, 4) is 11.5 Å². The Hall–Kier alpha value is -3.33. The number of piperazine rings is 1. The Balaban J connectivity index is 1.54. The second-order valence-corrected chi connectivity index (χ2v) is 9.97. The van der Waals surface area contributed by atoms with Crippen molar-refractivity contribution < 1.29 is 41.5 Å². The first-order chi connectivity index (χ1) is 17.2. The van der Waals surface area contributed by atoms with Crippen molar-refractivity contribution in [2.45, 2.75) is 10.9 Å². The third kappa shape index (κ3) is 5.41. The molecule has 36 heavy (non-hydrogen) atoms. The summed E-state index contributed by atoms with van der Waals surface area (Å²) in [5, 5.41) is 9.20. The molecule has 11 nitrogen and oxygen atoms in total. The molecular formula is C22H24F2N4O7S. The highest BCUT2D eigenvalue weighted by Crippen LogP contribution is 2.29. The lowest BCUT2D eigenvalue weighted by Gasteiger charge is -2.41. The molecule has 1 atom stereocenters. The van der Waals surface area contributed by atoms with Crippen LogP contribution in [0.1, 0.15) is 0 Å². The lowest BCUT2D eigenvalue weighted by molar-refractivity contribution is -0.134. The van der Waals surface area contributed by atoms with Gasteiger partial charge in [-0.25, -0.2) is 27.5 Å². The Bertz CT molecular complexity index is 1220. The fourth-order valence-corrected chi connectivity index (χ4v) is 5.54. The number of ether oxygens (including phenoxy) is 2. The summed E-state index contributed by atoms with van der Waals surface area (Å²) in [6.45, 7) is 0.876. The minimum Gasteiger partial charge on any atom is -0.454 e. The number of halogens is 2. The molecule has 3 amide bonds. The summed E-state index contributed by atoms with van der Waals surface area (Å²) in [4.78, 5) is 27.6. The summed E-state index contributed by atoms with van der Waals surface area (Å²) >= 11 is 0. The summed E-state index contributed by atoms with van der Waals surface area (Å²) < 4.78 is 65.9. The van der Waals surface area contributed by atoms with E-state index in [4.69, 9.17) is 9.47 Å². The fourth-order valence-electron chi connectivity index (χ4n) is 3.96. The molecule has 0 bridgehead atoms. The van der Waals surface area contributed by atoms with Gasteiger partial charge in [-0.05, 0) is 42.5 Å². The van der Waals surface area contributed by atoms with E-state index in [0.29, 0.717) is 26.3 Å². The number of sulfonamides is 1. The Labute approximate surface area is 205 Å². The van der Waals surface area contributed by atoms with Gasteiger partial charge in [0.05, 0.1) is 18.1 Å². The molecule has 0 radical (unpaired) electrons. The van der Waals surface area contributed by atoms with Crippen LogP contribution in [0.15, 0.2) is 47.4 Å². The van der Waals surface area contributed by atoms with Crippen LogP contribution in [0.3, 0.4) is 0 Å². The average Bonchev–Trinajstić information content (AvgIpc) is 2.90. The predicted octanol–water partition coefficient (Wildman–Crippen LogP) is 1.39. The van der Waals surface area contributed by atoms with E-state index in [2.05, 4.69) is 0 Å². The van der Waals surface area contributed by atoms with Crippen molar-refractivity contribution >= 4 is 22.0 Å². The van der Waals surface area contributed by atoms with Gasteiger partial charge in [0.2, 0.25) is 10.0 Å². The number of urea groups is 1. The third-order valence-electron chi connectivity index (χ3n) is 5.85. The number of nitrogens with zero attached hydrogens (tertiary/aromatic N) is 3. The summed E-state index contributed by atoms with van der Waals surface area (Å²) in [5.41, 5.74) is 1.44. The van der Waals surface area contributed by atoms with Gasteiger partial charge < -0.3 is 19.3 Å². The third-order valence-corrected chi connectivity index (χ3v) is 7.75. The molecule has 2 aliphatic heterocycles. The van der Waals surface area contributed by atoms with E-state index >= 15 is 0 Å². The van der Waals surface area contributed by atoms with Crippen LogP contribution in [0.2, 0.25) is 0 Å². The zero-order valence-electron chi connectivity index (χ0n) is 19.0. The minimum atomic E-state index is -4.41. The molecule has 2 saturated heterocycles. The molecule has 2 fully saturated rings. The zero-order chi connectivity index (χ0) is 25.9.